The van der Waals surface area contributed by atoms with Gasteiger partial charge >= 0.3 is 0 Å². The van der Waals surface area contributed by atoms with Crippen LogP contribution in [-0.2, 0) is 9.53 Å². The third kappa shape index (κ3) is 2.95. The number of hydrogen-bond donors (Lipinski definition) is 1. The fraction of sp³-hybridized carbons (Fsp3) is 0.917. The quantitative estimate of drug-likeness (QED) is 0.758. The van der Waals surface area contributed by atoms with E-state index < -0.39 is 0 Å². The second-order valence-corrected chi connectivity index (χ2v) is 5.01. The van der Waals surface area contributed by atoms with Gasteiger partial charge in [-0.2, -0.15) is 0 Å². The Kier molecular flexibility index (Phi) is 4.18. The van der Waals surface area contributed by atoms with E-state index in [0.717, 1.165) is 52.0 Å². The van der Waals surface area contributed by atoms with Crippen LogP contribution in [0.1, 0.15) is 19.3 Å². The standard InChI is InChI=1S/C12H22N2O2/c1-16-9-10-2-4-14(5-3-10)12(15)6-11-7-13-8-11/h10-11,13H,2-9H2,1H3. The van der Waals surface area contributed by atoms with Crippen LogP contribution in [0.25, 0.3) is 0 Å². The van der Waals surface area contributed by atoms with Gasteiger partial charge in [-0.3, -0.25) is 4.79 Å². The minimum Gasteiger partial charge on any atom is -0.384 e. The van der Waals surface area contributed by atoms with E-state index in [1.54, 1.807) is 7.11 Å². The molecule has 0 unspecified atom stereocenters. The Morgan fingerprint density at radius 3 is 2.50 bits per heavy atom. The number of carbonyl (C=O) groups is 1. The Hall–Kier alpha value is -0.610. The van der Waals surface area contributed by atoms with Crippen LogP contribution in [0.4, 0.5) is 0 Å². The zero-order chi connectivity index (χ0) is 11.4. The fourth-order valence-electron chi connectivity index (χ4n) is 2.45. The van der Waals surface area contributed by atoms with Crippen molar-refractivity contribution in [3.05, 3.63) is 0 Å². The second-order valence-electron chi connectivity index (χ2n) is 5.01. The van der Waals surface area contributed by atoms with Crippen molar-refractivity contribution in [3.63, 3.8) is 0 Å². The van der Waals surface area contributed by atoms with E-state index in [1.165, 1.54) is 0 Å². The van der Waals surface area contributed by atoms with Gasteiger partial charge in [-0.05, 0) is 37.8 Å². The molecule has 0 aromatic heterocycles. The number of hydrogen-bond acceptors (Lipinski definition) is 3. The first-order chi connectivity index (χ1) is 7.79. The third-order valence-corrected chi connectivity index (χ3v) is 3.70. The van der Waals surface area contributed by atoms with Gasteiger partial charge in [0.25, 0.3) is 0 Å². The molecule has 0 aromatic carbocycles. The molecule has 4 nitrogen and oxygen atoms in total. The van der Waals surface area contributed by atoms with Crippen LogP contribution >= 0.6 is 0 Å². The molecule has 0 aliphatic carbocycles. The highest BCUT2D eigenvalue weighted by atomic mass is 16.5. The van der Waals surface area contributed by atoms with Gasteiger partial charge in [-0.25, -0.2) is 0 Å². The molecule has 2 aliphatic heterocycles. The first-order valence-corrected chi connectivity index (χ1v) is 6.27. The van der Waals surface area contributed by atoms with E-state index >= 15 is 0 Å². The molecule has 92 valence electrons. The molecule has 0 atom stereocenters. The van der Waals surface area contributed by atoms with Gasteiger partial charge in [-0.15, -0.1) is 0 Å². The number of methoxy groups -OCH3 is 1. The first-order valence-electron chi connectivity index (χ1n) is 6.27. The number of nitrogens with one attached hydrogen (secondary N) is 1. The second kappa shape index (κ2) is 5.64. The van der Waals surface area contributed by atoms with Gasteiger partial charge in [0, 0.05) is 33.2 Å². The molecule has 2 saturated heterocycles. The molecule has 2 heterocycles. The van der Waals surface area contributed by atoms with Crippen molar-refractivity contribution in [2.45, 2.75) is 19.3 Å². The molecule has 2 fully saturated rings. The largest absolute Gasteiger partial charge is 0.384 e. The van der Waals surface area contributed by atoms with Gasteiger partial charge in [0.05, 0.1) is 0 Å². The monoisotopic (exact) mass is 226 g/mol. The van der Waals surface area contributed by atoms with Crippen LogP contribution in [0.2, 0.25) is 0 Å². The molecule has 0 aromatic rings. The zero-order valence-electron chi connectivity index (χ0n) is 10.1. The summed E-state index contributed by atoms with van der Waals surface area (Å²) in [4.78, 5) is 14.0. The topological polar surface area (TPSA) is 41.6 Å². The van der Waals surface area contributed by atoms with Crippen LogP contribution in [0.5, 0.6) is 0 Å². The minimum atomic E-state index is 0.349. The molecule has 16 heavy (non-hydrogen) atoms. The zero-order valence-corrected chi connectivity index (χ0v) is 10.1. The molecule has 1 N–H and O–H groups in total. The summed E-state index contributed by atoms with van der Waals surface area (Å²) in [7, 11) is 1.75. The lowest BCUT2D eigenvalue weighted by molar-refractivity contribution is -0.134. The number of amides is 1. The molecule has 0 radical (unpaired) electrons. The molecule has 0 saturated carbocycles. The number of piperidine rings is 1. The Morgan fingerprint density at radius 1 is 1.31 bits per heavy atom. The van der Waals surface area contributed by atoms with E-state index in [2.05, 4.69) is 5.32 Å². The molecular formula is C12H22N2O2. The van der Waals surface area contributed by atoms with Gasteiger partial charge in [-0.1, -0.05) is 0 Å². The van der Waals surface area contributed by atoms with E-state index in [9.17, 15) is 4.79 Å². The van der Waals surface area contributed by atoms with Crippen molar-refractivity contribution in [2.75, 3.05) is 39.9 Å². The number of likely N-dealkylation sites (tertiary alicyclic amines) is 1. The summed E-state index contributed by atoms with van der Waals surface area (Å²) in [6.07, 6.45) is 2.94. The van der Waals surface area contributed by atoms with Crippen LogP contribution in [0.15, 0.2) is 0 Å². The van der Waals surface area contributed by atoms with Crippen LogP contribution in [0, 0.1) is 11.8 Å². The predicted octanol–water partition coefficient (Wildman–Crippen LogP) is 0.481. The summed E-state index contributed by atoms with van der Waals surface area (Å²) in [6, 6.07) is 0. The number of nitrogens with zero attached hydrogens (tertiary/aromatic N) is 1. The van der Waals surface area contributed by atoms with Crippen LogP contribution in [-0.4, -0.2) is 50.7 Å². The highest BCUT2D eigenvalue weighted by Gasteiger charge is 2.26. The number of carbonyl (C=O) groups excluding carboxylic acids is 1. The van der Waals surface area contributed by atoms with E-state index in [4.69, 9.17) is 4.74 Å². The lowest BCUT2D eigenvalue weighted by Crippen LogP contribution is -2.46. The highest BCUT2D eigenvalue weighted by Crippen LogP contribution is 2.19. The molecule has 2 aliphatic rings. The Balaban J connectivity index is 1.68. The predicted molar refractivity (Wildman–Crippen MR) is 62.2 cm³/mol. The smallest absolute Gasteiger partial charge is 0.222 e. The summed E-state index contributed by atoms with van der Waals surface area (Å²) in [5.74, 6) is 1.59. The molecule has 4 heteroatoms. The summed E-state index contributed by atoms with van der Waals surface area (Å²) in [5, 5.41) is 3.21. The van der Waals surface area contributed by atoms with Crippen molar-refractivity contribution in [3.8, 4) is 0 Å². The average molecular weight is 226 g/mol. The molecule has 0 bridgehead atoms. The van der Waals surface area contributed by atoms with Crippen LogP contribution < -0.4 is 5.32 Å². The molecular weight excluding hydrogens is 204 g/mol. The van der Waals surface area contributed by atoms with Gasteiger partial charge < -0.3 is 15.0 Å². The summed E-state index contributed by atoms with van der Waals surface area (Å²) < 4.78 is 5.16. The fourth-order valence-corrected chi connectivity index (χ4v) is 2.45. The van der Waals surface area contributed by atoms with Gasteiger partial charge in [0.2, 0.25) is 5.91 Å². The lowest BCUT2D eigenvalue weighted by atomic mass is 9.95. The summed E-state index contributed by atoms with van der Waals surface area (Å²) in [5.41, 5.74) is 0. The van der Waals surface area contributed by atoms with Crippen molar-refractivity contribution in [2.24, 2.45) is 11.8 Å². The summed E-state index contributed by atoms with van der Waals surface area (Å²) in [6.45, 7) is 4.73. The van der Waals surface area contributed by atoms with E-state index in [0.29, 0.717) is 17.7 Å². The highest BCUT2D eigenvalue weighted by molar-refractivity contribution is 5.76. The maximum Gasteiger partial charge on any atom is 0.222 e. The Labute approximate surface area is 97.3 Å². The molecule has 2 rings (SSSR count). The van der Waals surface area contributed by atoms with Crippen molar-refractivity contribution in [1.82, 2.24) is 10.2 Å². The maximum absolute atomic E-state index is 11.9. The molecule has 1 amide bonds. The number of ether oxygens (including phenoxy) is 1. The maximum atomic E-state index is 11.9. The van der Waals surface area contributed by atoms with Gasteiger partial charge in [0.15, 0.2) is 0 Å². The normalized spacial score (nSPS) is 23.2. The number of rotatable bonds is 4. The van der Waals surface area contributed by atoms with Crippen LogP contribution in [0.3, 0.4) is 0 Å². The van der Waals surface area contributed by atoms with Crippen molar-refractivity contribution in [1.29, 1.82) is 0 Å². The summed E-state index contributed by atoms with van der Waals surface area (Å²) >= 11 is 0. The van der Waals surface area contributed by atoms with Crippen molar-refractivity contribution >= 4 is 5.91 Å². The lowest BCUT2D eigenvalue weighted by Gasteiger charge is -2.34. The third-order valence-electron chi connectivity index (χ3n) is 3.70. The van der Waals surface area contributed by atoms with Crippen molar-refractivity contribution < 1.29 is 9.53 Å². The first kappa shape index (κ1) is 11.9. The van der Waals surface area contributed by atoms with E-state index in [1.807, 2.05) is 4.90 Å². The SMILES string of the molecule is COCC1CCN(C(=O)CC2CNC2)CC1. The molecule has 0 spiro atoms. The Morgan fingerprint density at radius 2 is 2.00 bits per heavy atom. The van der Waals surface area contributed by atoms with E-state index in [-0.39, 0.29) is 0 Å². The Bertz CT molecular complexity index is 233. The average Bonchev–Trinajstić information content (AvgIpc) is 2.25. The minimum absolute atomic E-state index is 0.349. The van der Waals surface area contributed by atoms with Gasteiger partial charge in [0.1, 0.15) is 0 Å².